The Morgan fingerprint density at radius 1 is 1.00 bits per heavy atom. The average Bonchev–Trinajstić information content (AvgIpc) is 2.39. The van der Waals surface area contributed by atoms with Gasteiger partial charge in [0.1, 0.15) is 0 Å². The number of carbonyl (C=O) groups is 2. The van der Waals surface area contributed by atoms with Crippen molar-refractivity contribution < 1.29 is 101 Å². The summed E-state index contributed by atoms with van der Waals surface area (Å²) in [6.07, 6.45) is 6.14. The zero-order valence-electron chi connectivity index (χ0n) is 13.8. The molecule has 6 heteroatoms. The van der Waals surface area contributed by atoms with Crippen LogP contribution in [0.4, 0.5) is 0 Å². The van der Waals surface area contributed by atoms with Gasteiger partial charge in [-0.2, -0.15) is 0 Å². The van der Waals surface area contributed by atoms with Gasteiger partial charge in [-0.05, 0) is 24.0 Å². The van der Waals surface area contributed by atoms with Gasteiger partial charge in [-0.15, -0.1) is 0 Å². The maximum Gasteiger partial charge on any atom is 1.00 e. The molecule has 1 aromatic rings. The number of aryl methyl sites for hydroxylation is 1. The predicted octanol–water partition coefficient (Wildman–Crippen LogP) is -5.21. The first kappa shape index (κ1) is 25.0. The standard InChI is InChI=1S/C16H22O4.K.Na/c1-2-3-4-5-6-9-12-10-7-8-11-13(12)14(15(17)18)16(19)20;;/h7-8,10-11,14H,2-6,9H2,1H3,(H,17,18)(H,19,20);;/q;2*+1/p-2. The molecule has 0 bridgehead atoms. The van der Waals surface area contributed by atoms with Gasteiger partial charge < -0.3 is 19.8 Å². The summed E-state index contributed by atoms with van der Waals surface area (Å²) in [5.41, 5.74) is 1.03. The number of unbranched alkanes of at least 4 members (excludes halogenated alkanes) is 4. The topological polar surface area (TPSA) is 80.3 Å². The third-order valence-electron chi connectivity index (χ3n) is 3.39. The molecule has 0 aliphatic rings. The molecule has 22 heavy (non-hydrogen) atoms. The molecule has 0 radical (unpaired) electrons. The van der Waals surface area contributed by atoms with Gasteiger partial charge in [0.2, 0.25) is 0 Å². The predicted molar refractivity (Wildman–Crippen MR) is 71.7 cm³/mol. The van der Waals surface area contributed by atoms with Crippen LogP contribution < -0.4 is 91.2 Å². The molecule has 0 aliphatic carbocycles. The molecule has 0 atom stereocenters. The first-order valence-corrected chi connectivity index (χ1v) is 7.07. The van der Waals surface area contributed by atoms with Gasteiger partial charge in [0.15, 0.2) is 0 Å². The molecular formula is C16H20KNaO4. The molecule has 0 fully saturated rings. The number of rotatable bonds is 9. The second kappa shape index (κ2) is 14.2. The molecule has 0 saturated heterocycles. The number of hydrogen-bond acceptors (Lipinski definition) is 4. The fraction of sp³-hybridized carbons (Fsp3) is 0.500. The SMILES string of the molecule is CCCCCCCc1ccccc1C(C(=O)[O-])C(=O)[O-].[K+].[Na+]. The van der Waals surface area contributed by atoms with Crippen molar-refractivity contribution in [2.24, 2.45) is 0 Å². The van der Waals surface area contributed by atoms with Crippen LogP contribution in [-0.2, 0) is 16.0 Å². The number of carbonyl (C=O) groups excluding carboxylic acids is 2. The molecule has 0 heterocycles. The smallest absolute Gasteiger partial charge is 0.549 e. The molecule has 0 aliphatic heterocycles. The third kappa shape index (κ3) is 8.59. The molecule has 0 unspecified atom stereocenters. The third-order valence-corrected chi connectivity index (χ3v) is 3.39. The maximum absolute atomic E-state index is 11.0. The summed E-state index contributed by atoms with van der Waals surface area (Å²) in [5.74, 6) is -4.94. The van der Waals surface area contributed by atoms with Crippen LogP contribution in [0.25, 0.3) is 0 Å². The minimum absolute atomic E-state index is 0. The first-order valence-electron chi connectivity index (χ1n) is 7.07. The van der Waals surface area contributed by atoms with E-state index in [1.807, 2.05) is 0 Å². The summed E-state index contributed by atoms with van der Waals surface area (Å²) >= 11 is 0. The minimum atomic E-state index is -1.69. The van der Waals surface area contributed by atoms with E-state index in [-0.39, 0.29) is 86.5 Å². The zero-order valence-corrected chi connectivity index (χ0v) is 18.9. The summed E-state index contributed by atoms with van der Waals surface area (Å²) < 4.78 is 0. The molecule has 0 aromatic heterocycles. The van der Waals surface area contributed by atoms with Gasteiger partial charge in [0.25, 0.3) is 0 Å². The molecule has 1 aromatic carbocycles. The van der Waals surface area contributed by atoms with E-state index in [9.17, 15) is 19.8 Å². The van der Waals surface area contributed by atoms with E-state index in [0.29, 0.717) is 6.42 Å². The Morgan fingerprint density at radius 2 is 1.55 bits per heavy atom. The van der Waals surface area contributed by atoms with Crippen molar-refractivity contribution in [3.05, 3.63) is 35.4 Å². The number of carboxylic acids is 2. The number of carboxylic acid groups (broad SMARTS) is 2. The van der Waals surface area contributed by atoms with Gasteiger partial charge in [0.05, 0.1) is 17.9 Å². The summed E-state index contributed by atoms with van der Waals surface area (Å²) in [4.78, 5) is 22.0. The first-order chi connectivity index (χ1) is 9.57. The monoisotopic (exact) mass is 338 g/mol. The largest absolute Gasteiger partial charge is 1.00 e. The van der Waals surface area contributed by atoms with E-state index in [4.69, 9.17) is 0 Å². The molecule has 0 saturated carbocycles. The van der Waals surface area contributed by atoms with Gasteiger partial charge in [-0.3, -0.25) is 0 Å². The quantitative estimate of drug-likeness (QED) is 0.256. The fourth-order valence-corrected chi connectivity index (χ4v) is 2.31. The van der Waals surface area contributed by atoms with Crippen molar-refractivity contribution in [1.29, 1.82) is 0 Å². The van der Waals surface area contributed by atoms with Gasteiger partial charge >= 0.3 is 80.9 Å². The summed E-state index contributed by atoms with van der Waals surface area (Å²) in [7, 11) is 0. The molecule has 110 valence electrons. The Kier molecular flexibility index (Phi) is 16.1. The van der Waals surface area contributed by atoms with Crippen LogP contribution in [0.5, 0.6) is 0 Å². The van der Waals surface area contributed by atoms with Gasteiger partial charge in [0, 0.05) is 0 Å². The molecule has 0 spiro atoms. The van der Waals surface area contributed by atoms with Crippen LogP contribution in [0.2, 0.25) is 0 Å². The number of benzene rings is 1. The maximum atomic E-state index is 11.0. The van der Waals surface area contributed by atoms with E-state index >= 15 is 0 Å². The molecule has 0 amide bonds. The van der Waals surface area contributed by atoms with E-state index in [0.717, 1.165) is 31.2 Å². The van der Waals surface area contributed by atoms with Crippen LogP contribution in [0, 0.1) is 0 Å². The molecule has 1 rings (SSSR count). The minimum Gasteiger partial charge on any atom is -0.549 e. The van der Waals surface area contributed by atoms with Crippen LogP contribution >= 0.6 is 0 Å². The van der Waals surface area contributed by atoms with Crippen molar-refractivity contribution in [3.63, 3.8) is 0 Å². The van der Waals surface area contributed by atoms with Crippen LogP contribution in [0.1, 0.15) is 56.1 Å². The van der Waals surface area contributed by atoms with Crippen LogP contribution in [0.3, 0.4) is 0 Å². The Balaban J connectivity index is 0. The Morgan fingerprint density at radius 3 is 2.09 bits per heavy atom. The van der Waals surface area contributed by atoms with E-state index in [1.54, 1.807) is 18.2 Å². The second-order valence-electron chi connectivity index (χ2n) is 4.93. The van der Waals surface area contributed by atoms with E-state index in [1.165, 1.54) is 12.5 Å². The Labute approximate surface area is 196 Å². The van der Waals surface area contributed by atoms with Crippen LogP contribution in [0.15, 0.2) is 24.3 Å². The Bertz CT molecular complexity index is 451. The summed E-state index contributed by atoms with van der Waals surface area (Å²) in [6.45, 7) is 2.14. The van der Waals surface area contributed by atoms with Crippen molar-refractivity contribution in [3.8, 4) is 0 Å². The average molecular weight is 338 g/mol. The summed E-state index contributed by atoms with van der Waals surface area (Å²) in [5, 5.41) is 22.0. The number of aliphatic carboxylic acids is 2. The molecule has 4 nitrogen and oxygen atoms in total. The number of hydrogen-bond donors (Lipinski definition) is 0. The van der Waals surface area contributed by atoms with Gasteiger partial charge in [-0.25, -0.2) is 0 Å². The zero-order chi connectivity index (χ0) is 15.0. The van der Waals surface area contributed by atoms with E-state index in [2.05, 4.69) is 6.92 Å². The molecule has 0 N–H and O–H groups in total. The van der Waals surface area contributed by atoms with Crippen molar-refractivity contribution in [2.45, 2.75) is 51.4 Å². The van der Waals surface area contributed by atoms with Crippen molar-refractivity contribution >= 4 is 11.9 Å². The van der Waals surface area contributed by atoms with Crippen LogP contribution in [-0.4, -0.2) is 11.9 Å². The Hall–Kier alpha value is 0.796. The normalized spacial score (nSPS) is 9.73. The second-order valence-corrected chi connectivity index (χ2v) is 4.93. The van der Waals surface area contributed by atoms with E-state index < -0.39 is 17.9 Å². The summed E-state index contributed by atoms with van der Waals surface area (Å²) in [6, 6.07) is 6.72. The van der Waals surface area contributed by atoms with Gasteiger partial charge in [-0.1, -0.05) is 56.9 Å². The molecular weight excluding hydrogens is 318 g/mol. The van der Waals surface area contributed by atoms with Crippen molar-refractivity contribution in [1.82, 2.24) is 0 Å². The van der Waals surface area contributed by atoms with Crippen molar-refractivity contribution in [2.75, 3.05) is 0 Å². The fourth-order valence-electron chi connectivity index (χ4n) is 2.31.